The number of carbonyl (C=O) groups is 1. The van der Waals surface area contributed by atoms with Crippen LogP contribution >= 0.6 is 11.8 Å². The Hall–Kier alpha value is -2.64. The first kappa shape index (κ1) is 19.7. The molecule has 6 nitrogen and oxygen atoms in total. The van der Waals surface area contributed by atoms with E-state index >= 15 is 0 Å². The lowest BCUT2D eigenvalue weighted by Crippen LogP contribution is -2.38. The van der Waals surface area contributed by atoms with Crippen LogP contribution in [0.25, 0.3) is 5.69 Å². The third-order valence-electron chi connectivity index (χ3n) is 4.97. The maximum atomic E-state index is 12.6. The summed E-state index contributed by atoms with van der Waals surface area (Å²) in [5, 5.41) is 9.62. The SMILES string of the molecule is Cc1ccc(C(=O)CSc2nnc(N3CCOCC3)n2-c2ccccc2C)cc1. The second-order valence-corrected chi connectivity index (χ2v) is 8.02. The van der Waals surface area contributed by atoms with Crippen LogP contribution < -0.4 is 4.90 Å². The lowest BCUT2D eigenvalue weighted by molar-refractivity contribution is 0.102. The maximum absolute atomic E-state index is 12.6. The molecule has 1 aliphatic heterocycles. The highest BCUT2D eigenvalue weighted by molar-refractivity contribution is 7.99. The molecule has 0 unspecified atom stereocenters. The number of benzene rings is 2. The summed E-state index contributed by atoms with van der Waals surface area (Å²) >= 11 is 1.42. The summed E-state index contributed by atoms with van der Waals surface area (Å²) in [4.78, 5) is 14.8. The van der Waals surface area contributed by atoms with Crippen LogP contribution in [0.5, 0.6) is 0 Å². The van der Waals surface area contributed by atoms with Gasteiger partial charge in [0, 0.05) is 18.7 Å². The number of rotatable bonds is 6. The minimum absolute atomic E-state index is 0.0854. The third kappa shape index (κ3) is 4.36. The first-order valence-electron chi connectivity index (χ1n) is 9.70. The number of aryl methyl sites for hydroxylation is 2. The number of carbonyl (C=O) groups excluding carboxylic acids is 1. The fourth-order valence-corrected chi connectivity index (χ4v) is 4.14. The molecule has 0 amide bonds. The van der Waals surface area contributed by atoms with Crippen LogP contribution in [-0.4, -0.2) is 52.6 Å². The molecule has 1 saturated heterocycles. The first-order valence-corrected chi connectivity index (χ1v) is 10.7. The number of Topliss-reactive ketones (excluding diaryl/α,β-unsaturated/α-hetero) is 1. The predicted molar refractivity (Wildman–Crippen MR) is 115 cm³/mol. The second-order valence-electron chi connectivity index (χ2n) is 7.08. The van der Waals surface area contributed by atoms with Crippen molar-refractivity contribution in [3.8, 4) is 5.69 Å². The van der Waals surface area contributed by atoms with Gasteiger partial charge >= 0.3 is 0 Å². The van der Waals surface area contributed by atoms with Gasteiger partial charge in [0.05, 0.1) is 24.7 Å². The Morgan fingerprint density at radius 1 is 1.03 bits per heavy atom. The number of ketones is 1. The molecule has 1 fully saturated rings. The summed E-state index contributed by atoms with van der Waals surface area (Å²) in [6.45, 7) is 6.99. The summed E-state index contributed by atoms with van der Waals surface area (Å²) in [5.41, 5.74) is 4.03. The zero-order valence-electron chi connectivity index (χ0n) is 16.7. The number of hydrogen-bond donors (Lipinski definition) is 0. The van der Waals surface area contributed by atoms with E-state index in [0.29, 0.717) is 19.0 Å². The Balaban J connectivity index is 1.62. The molecule has 2 heterocycles. The Kier molecular flexibility index (Phi) is 5.97. The minimum atomic E-state index is 0.0854. The molecule has 0 spiro atoms. The summed E-state index contributed by atoms with van der Waals surface area (Å²) in [6.07, 6.45) is 0. The number of para-hydroxylation sites is 1. The van der Waals surface area contributed by atoms with Crippen LogP contribution in [-0.2, 0) is 4.74 Å². The second kappa shape index (κ2) is 8.80. The van der Waals surface area contributed by atoms with Crippen molar-refractivity contribution in [3.05, 3.63) is 65.2 Å². The quantitative estimate of drug-likeness (QED) is 0.458. The van der Waals surface area contributed by atoms with Gasteiger partial charge in [0.1, 0.15) is 0 Å². The Bertz CT molecular complexity index is 994. The van der Waals surface area contributed by atoms with Crippen molar-refractivity contribution >= 4 is 23.5 Å². The zero-order chi connectivity index (χ0) is 20.2. The van der Waals surface area contributed by atoms with Crippen molar-refractivity contribution in [2.75, 3.05) is 37.0 Å². The van der Waals surface area contributed by atoms with Crippen molar-refractivity contribution in [2.45, 2.75) is 19.0 Å². The molecule has 7 heteroatoms. The lowest BCUT2D eigenvalue weighted by atomic mass is 10.1. The molecule has 0 aliphatic carbocycles. The summed E-state index contributed by atoms with van der Waals surface area (Å²) in [5.74, 6) is 1.20. The van der Waals surface area contributed by atoms with Crippen LogP contribution in [0, 0.1) is 13.8 Å². The van der Waals surface area contributed by atoms with Crippen molar-refractivity contribution < 1.29 is 9.53 Å². The fraction of sp³-hybridized carbons (Fsp3) is 0.318. The van der Waals surface area contributed by atoms with Gasteiger partial charge in [-0.25, -0.2) is 0 Å². The van der Waals surface area contributed by atoms with Gasteiger partial charge in [-0.05, 0) is 25.5 Å². The van der Waals surface area contributed by atoms with Crippen LogP contribution in [0.15, 0.2) is 53.7 Å². The molecule has 0 atom stereocenters. The van der Waals surface area contributed by atoms with Crippen molar-refractivity contribution in [1.82, 2.24) is 14.8 Å². The first-order chi connectivity index (χ1) is 14.1. The van der Waals surface area contributed by atoms with Gasteiger partial charge in [0.25, 0.3) is 0 Å². The number of morpholine rings is 1. The summed E-state index contributed by atoms with van der Waals surface area (Å²) < 4.78 is 7.55. The standard InChI is InChI=1S/C22H24N4O2S/c1-16-7-9-18(10-8-16)20(27)15-29-22-24-23-21(25-11-13-28-14-12-25)26(22)19-6-4-3-5-17(19)2/h3-10H,11-15H2,1-2H3. The lowest BCUT2D eigenvalue weighted by Gasteiger charge is -2.28. The minimum Gasteiger partial charge on any atom is -0.378 e. The Labute approximate surface area is 174 Å². The van der Waals surface area contributed by atoms with E-state index < -0.39 is 0 Å². The van der Waals surface area contributed by atoms with E-state index in [-0.39, 0.29) is 5.78 Å². The number of hydrogen-bond acceptors (Lipinski definition) is 6. The molecule has 1 aliphatic rings. The van der Waals surface area contributed by atoms with Gasteiger partial charge in [-0.1, -0.05) is 59.8 Å². The number of anilines is 1. The zero-order valence-corrected chi connectivity index (χ0v) is 17.5. The average Bonchev–Trinajstić information content (AvgIpc) is 3.17. The number of nitrogens with zero attached hydrogens (tertiary/aromatic N) is 4. The van der Waals surface area contributed by atoms with Gasteiger partial charge in [-0.3, -0.25) is 9.36 Å². The van der Waals surface area contributed by atoms with E-state index in [2.05, 4.69) is 38.7 Å². The molecular weight excluding hydrogens is 384 g/mol. The van der Waals surface area contributed by atoms with E-state index in [1.165, 1.54) is 11.8 Å². The van der Waals surface area contributed by atoms with E-state index in [1.54, 1.807) is 0 Å². The Morgan fingerprint density at radius 2 is 1.76 bits per heavy atom. The number of ether oxygens (including phenoxy) is 1. The van der Waals surface area contributed by atoms with Crippen molar-refractivity contribution in [3.63, 3.8) is 0 Å². The van der Waals surface area contributed by atoms with E-state index in [0.717, 1.165) is 46.6 Å². The molecule has 0 saturated carbocycles. The maximum Gasteiger partial charge on any atom is 0.232 e. The molecule has 0 bridgehead atoms. The summed E-state index contributed by atoms with van der Waals surface area (Å²) in [6, 6.07) is 15.9. The largest absolute Gasteiger partial charge is 0.378 e. The molecule has 2 aromatic carbocycles. The molecule has 0 radical (unpaired) electrons. The van der Waals surface area contributed by atoms with Crippen molar-refractivity contribution in [2.24, 2.45) is 0 Å². The predicted octanol–water partition coefficient (Wildman–Crippen LogP) is 3.70. The van der Waals surface area contributed by atoms with Crippen LogP contribution in [0.4, 0.5) is 5.95 Å². The fourth-order valence-electron chi connectivity index (χ4n) is 3.30. The van der Waals surface area contributed by atoms with E-state index in [9.17, 15) is 4.79 Å². The highest BCUT2D eigenvalue weighted by Gasteiger charge is 2.23. The number of aromatic nitrogens is 3. The van der Waals surface area contributed by atoms with Crippen molar-refractivity contribution in [1.29, 1.82) is 0 Å². The topological polar surface area (TPSA) is 60.3 Å². The number of thioether (sulfide) groups is 1. The molecule has 0 N–H and O–H groups in total. The van der Waals surface area contributed by atoms with Gasteiger partial charge < -0.3 is 9.64 Å². The van der Waals surface area contributed by atoms with Gasteiger partial charge in [0.2, 0.25) is 5.95 Å². The molecule has 29 heavy (non-hydrogen) atoms. The third-order valence-corrected chi connectivity index (χ3v) is 5.90. The van der Waals surface area contributed by atoms with Crippen LogP contribution in [0.1, 0.15) is 21.5 Å². The van der Waals surface area contributed by atoms with Gasteiger partial charge in [-0.15, -0.1) is 10.2 Å². The Morgan fingerprint density at radius 3 is 2.48 bits per heavy atom. The molecule has 3 aromatic rings. The smallest absolute Gasteiger partial charge is 0.232 e. The molecule has 4 rings (SSSR count). The highest BCUT2D eigenvalue weighted by atomic mass is 32.2. The van der Waals surface area contributed by atoms with Gasteiger partial charge in [-0.2, -0.15) is 0 Å². The normalized spacial score (nSPS) is 14.2. The van der Waals surface area contributed by atoms with E-state index in [4.69, 9.17) is 4.74 Å². The highest BCUT2D eigenvalue weighted by Crippen LogP contribution is 2.29. The molecule has 150 valence electrons. The monoisotopic (exact) mass is 408 g/mol. The van der Waals surface area contributed by atoms with Gasteiger partial charge in [0.15, 0.2) is 10.9 Å². The summed E-state index contributed by atoms with van der Waals surface area (Å²) in [7, 11) is 0. The van der Waals surface area contributed by atoms with Crippen LogP contribution in [0.2, 0.25) is 0 Å². The average molecular weight is 409 g/mol. The molecule has 1 aromatic heterocycles. The van der Waals surface area contributed by atoms with E-state index in [1.807, 2.05) is 43.3 Å². The molecular formula is C22H24N4O2S. The van der Waals surface area contributed by atoms with Crippen LogP contribution in [0.3, 0.4) is 0 Å².